The van der Waals surface area contributed by atoms with Crippen molar-refractivity contribution in [2.75, 3.05) is 34.2 Å². The zero-order valence-corrected chi connectivity index (χ0v) is 31.6. The van der Waals surface area contributed by atoms with Crippen molar-refractivity contribution >= 4 is 33.8 Å². The van der Waals surface area contributed by atoms with E-state index in [9.17, 15) is 14.0 Å². The van der Waals surface area contributed by atoms with Crippen LogP contribution in [0.2, 0.25) is 0 Å². The summed E-state index contributed by atoms with van der Waals surface area (Å²) in [5.41, 5.74) is 12.7. The van der Waals surface area contributed by atoms with Crippen LogP contribution in [-0.2, 0) is 18.5 Å². The third-order valence-electron chi connectivity index (χ3n) is 8.90. The molecule has 10 heteroatoms. The van der Waals surface area contributed by atoms with Crippen LogP contribution in [0.15, 0.2) is 54.6 Å². The standard InChI is InChI=1S/C20H20FN3O.C14H18N4O.3C2H6/c1-24(2)11-12-3-5-13(6-4-12)19-15-7-8-22-20(25)16-9-14(21)10-17(23-19)18(15)16;1-14(7-4-8-18(14)2)13-16-10-6-3-5-9(12(15)19)11(10)17-13;3*1-2/h3-6,9-10,23H,7-8,11H2,1-2H3,(H,22,25);3,5-6H,4,7-8H2,1-2H3,(H2,15,19)(H,16,17);3*1-2H3. The number of imidazole rings is 1. The Hall–Kier alpha value is -4.54. The van der Waals surface area contributed by atoms with E-state index in [-0.39, 0.29) is 11.4 Å². The maximum atomic E-state index is 13.9. The minimum Gasteiger partial charge on any atom is -0.366 e. The van der Waals surface area contributed by atoms with Gasteiger partial charge in [-0.25, -0.2) is 9.37 Å². The van der Waals surface area contributed by atoms with Gasteiger partial charge in [-0.15, -0.1) is 0 Å². The number of nitrogens with two attached hydrogens (primary N) is 1. The van der Waals surface area contributed by atoms with Gasteiger partial charge < -0.3 is 25.9 Å². The van der Waals surface area contributed by atoms with Crippen LogP contribution in [0.4, 0.5) is 4.39 Å². The van der Waals surface area contributed by atoms with Gasteiger partial charge in [0, 0.05) is 29.7 Å². The van der Waals surface area contributed by atoms with E-state index in [1.54, 1.807) is 6.07 Å². The molecular weight excluding hydrogens is 629 g/mol. The number of fused-ring (bicyclic) bond motifs is 1. The van der Waals surface area contributed by atoms with Gasteiger partial charge >= 0.3 is 0 Å². The lowest BCUT2D eigenvalue weighted by molar-refractivity contribution is 0.0955. The molecule has 0 aliphatic carbocycles. The summed E-state index contributed by atoms with van der Waals surface area (Å²) >= 11 is 0. The highest BCUT2D eigenvalue weighted by atomic mass is 19.1. The van der Waals surface area contributed by atoms with Gasteiger partial charge in [0.15, 0.2) is 0 Å². The van der Waals surface area contributed by atoms with E-state index in [1.807, 2.05) is 67.8 Å². The average molecular weight is 686 g/mol. The Balaban J connectivity index is 0.000000242. The first-order chi connectivity index (χ1) is 24.0. The molecule has 1 saturated heterocycles. The van der Waals surface area contributed by atoms with Gasteiger partial charge in [-0.05, 0) is 94.8 Å². The second kappa shape index (κ2) is 17.9. The minimum absolute atomic E-state index is 0.0893. The summed E-state index contributed by atoms with van der Waals surface area (Å²) in [6.07, 6.45) is 2.95. The lowest BCUT2D eigenvalue weighted by Crippen LogP contribution is -2.36. The number of hydrogen-bond donors (Lipinski definition) is 4. The number of carbonyl (C=O) groups is 2. The van der Waals surface area contributed by atoms with Crippen LogP contribution in [0.25, 0.3) is 33.2 Å². The van der Waals surface area contributed by atoms with Crippen LogP contribution < -0.4 is 11.1 Å². The quantitative estimate of drug-likeness (QED) is 0.149. The van der Waals surface area contributed by atoms with Crippen LogP contribution in [0, 0.1) is 5.82 Å². The van der Waals surface area contributed by atoms with Crippen molar-refractivity contribution < 1.29 is 14.0 Å². The molecule has 2 aliphatic rings. The summed E-state index contributed by atoms with van der Waals surface area (Å²) in [5, 5.41) is 3.69. The van der Waals surface area contributed by atoms with Gasteiger partial charge in [-0.2, -0.15) is 0 Å². The van der Waals surface area contributed by atoms with Crippen LogP contribution in [-0.4, -0.2) is 70.8 Å². The molecule has 50 heavy (non-hydrogen) atoms. The second-order valence-corrected chi connectivity index (χ2v) is 12.2. The topological polar surface area (TPSA) is 123 Å². The molecule has 2 amide bonds. The monoisotopic (exact) mass is 685 g/mol. The van der Waals surface area contributed by atoms with E-state index in [2.05, 4.69) is 68.3 Å². The number of hydrogen-bond acceptors (Lipinski definition) is 5. The van der Waals surface area contributed by atoms with E-state index < -0.39 is 11.7 Å². The molecule has 2 aliphatic heterocycles. The number of nitrogens with zero attached hydrogens (tertiary/aromatic N) is 3. The molecule has 0 saturated carbocycles. The third kappa shape index (κ3) is 8.42. The number of carbonyl (C=O) groups excluding carboxylic acids is 2. The summed E-state index contributed by atoms with van der Waals surface area (Å²) in [7, 11) is 6.19. The average Bonchev–Trinajstić information content (AvgIpc) is 3.79. The van der Waals surface area contributed by atoms with Gasteiger partial charge in [-0.1, -0.05) is 71.9 Å². The number of para-hydroxylation sites is 1. The highest BCUT2D eigenvalue weighted by Crippen LogP contribution is 2.37. The molecule has 3 aromatic carbocycles. The predicted octanol–water partition coefficient (Wildman–Crippen LogP) is 8.00. The smallest absolute Gasteiger partial charge is 0.252 e. The number of aromatic nitrogens is 3. The van der Waals surface area contributed by atoms with E-state index in [0.29, 0.717) is 28.7 Å². The van der Waals surface area contributed by atoms with E-state index in [0.717, 1.165) is 65.9 Å². The van der Waals surface area contributed by atoms with E-state index in [4.69, 9.17) is 5.73 Å². The summed E-state index contributed by atoms with van der Waals surface area (Å²) in [4.78, 5) is 39.4. The number of primary amides is 1. The van der Waals surface area contributed by atoms with Gasteiger partial charge in [0.05, 0.1) is 22.2 Å². The lowest BCUT2D eigenvalue weighted by Gasteiger charge is -2.29. The SMILES string of the molecule is CC.CC.CC.CN(C)Cc1ccc(-c2[nH]c3cc(F)cc4c3c2CCNC4=O)cc1.CN1CCCC1(C)c1nc2c(C(N)=O)cccc2[nH]1. The Kier molecular flexibility index (Phi) is 14.3. The molecule has 1 unspecified atom stereocenters. The number of H-pyrrole nitrogens is 2. The molecule has 0 radical (unpaired) electrons. The van der Waals surface area contributed by atoms with Gasteiger partial charge in [0.1, 0.15) is 17.2 Å². The Bertz CT molecular complexity index is 1880. The fourth-order valence-corrected chi connectivity index (χ4v) is 6.46. The first kappa shape index (κ1) is 39.9. The number of halogens is 1. The molecule has 5 N–H and O–H groups in total. The van der Waals surface area contributed by atoms with Crippen LogP contribution in [0.5, 0.6) is 0 Å². The third-order valence-corrected chi connectivity index (χ3v) is 8.90. The van der Waals surface area contributed by atoms with Gasteiger partial charge in [0.25, 0.3) is 11.8 Å². The molecule has 4 heterocycles. The molecule has 9 nitrogen and oxygen atoms in total. The Morgan fingerprint density at radius 2 is 1.68 bits per heavy atom. The van der Waals surface area contributed by atoms with Crippen molar-refractivity contribution in [3.05, 3.63) is 88.5 Å². The first-order valence-corrected chi connectivity index (χ1v) is 17.9. The van der Waals surface area contributed by atoms with Crippen molar-refractivity contribution in [2.45, 2.75) is 79.8 Å². The number of likely N-dealkylation sites (tertiary alicyclic amines) is 1. The minimum atomic E-state index is -0.437. The Morgan fingerprint density at radius 3 is 2.28 bits per heavy atom. The number of benzene rings is 3. The highest BCUT2D eigenvalue weighted by Gasteiger charge is 2.38. The van der Waals surface area contributed by atoms with Crippen LogP contribution in [0.1, 0.15) is 99.0 Å². The molecule has 2 aromatic heterocycles. The predicted molar refractivity (Wildman–Crippen MR) is 205 cm³/mol. The van der Waals surface area contributed by atoms with E-state index in [1.165, 1.54) is 17.7 Å². The van der Waals surface area contributed by atoms with Crippen LogP contribution in [0.3, 0.4) is 0 Å². The molecule has 1 fully saturated rings. The molecule has 5 aromatic rings. The maximum Gasteiger partial charge on any atom is 0.252 e. The molecular formula is C40H56FN7O2. The van der Waals surface area contributed by atoms with Crippen molar-refractivity contribution in [1.82, 2.24) is 30.1 Å². The molecule has 0 bridgehead atoms. The van der Waals surface area contributed by atoms with Gasteiger partial charge in [0.2, 0.25) is 0 Å². The van der Waals surface area contributed by atoms with Crippen molar-refractivity contribution in [3.8, 4) is 11.3 Å². The van der Waals surface area contributed by atoms with Crippen molar-refractivity contribution in [3.63, 3.8) is 0 Å². The first-order valence-electron chi connectivity index (χ1n) is 17.9. The molecule has 270 valence electrons. The summed E-state index contributed by atoms with van der Waals surface area (Å²) in [6.45, 7) is 16.7. The summed E-state index contributed by atoms with van der Waals surface area (Å²) in [6, 6.07) is 16.6. The normalized spacial score (nSPS) is 16.5. The van der Waals surface area contributed by atoms with Crippen molar-refractivity contribution in [1.29, 1.82) is 0 Å². The number of amides is 2. The molecule has 1 atom stereocenters. The Morgan fingerprint density at radius 1 is 1.00 bits per heavy atom. The zero-order chi connectivity index (χ0) is 37.2. The Labute approximate surface area is 296 Å². The second-order valence-electron chi connectivity index (χ2n) is 12.2. The fraction of sp³-hybridized carbons (Fsp3) is 0.425. The highest BCUT2D eigenvalue weighted by molar-refractivity contribution is 6.10. The number of rotatable bonds is 5. The summed E-state index contributed by atoms with van der Waals surface area (Å²) < 4.78 is 13.9. The van der Waals surface area contributed by atoms with E-state index >= 15 is 0 Å². The number of nitrogens with one attached hydrogen (secondary N) is 3. The molecule has 7 rings (SSSR count). The lowest BCUT2D eigenvalue weighted by atomic mass is 9.98. The molecule has 0 spiro atoms. The largest absolute Gasteiger partial charge is 0.366 e. The van der Waals surface area contributed by atoms with Gasteiger partial charge in [-0.3, -0.25) is 14.5 Å². The van der Waals surface area contributed by atoms with Crippen molar-refractivity contribution in [2.24, 2.45) is 5.73 Å². The summed E-state index contributed by atoms with van der Waals surface area (Å²) in [5.74, 6) is -0.139. The number of aromatic amines is 2. The fourth-order valence-electron chi connectivity index (χ4n) is 6.46. The zero-order valence-electron chi connectivity index (χ0n) is 31.6. The maximum absolute atomic E-state index is 13.9. The van der Waals surface area contributed by atoms with Crippen LogP contribution >= 0.6 is 0 Å².